The third-order valence-electron chi connectivity index (χ3n) is 2.74. The molecule has 0 bridgehead atoms. The van der Waals surface area contributed by atoms with E-state index in [-0.39, 0.29) is 11.1 Å². The molecule has 1 fully saturated rings. The lowest BCUT2D eigenvalue weighted by Crippen LogP contribution is -2.20. The fraction of sp³-hybridized carbons (Fsp3) is 0.167. The van der Waals surface area contributed by atoms with E-state index in [1.807, 2.05) is 18.2 Å². The van der Waals surface area contributed by atoms with Crippen molar-refractivity contribution in [2.45, 2.75) is 0 Å². The summed E-state index contributed by atoms with van der Waals surface area (Å²) in [6.07, 6.45) is 1.72. The summed E-state index contributed by atoms with van der Waals surface area (Å²) in [7, 11) is 0. The highest BCUT2D eigenvalue weighted by atomic mass is 32.2. The van der Waals surface area contributed by atoms with Crippen LogP contribution < -0.4 is 16.0 Å². The highest BCUT2D eigenvalue weighted by Gasteiger charge is 2.25. The van der Waals surface area contributed by atoms with Crippen molar-refractivity contribution in [1.82, 2.24) is 5.32 Å². The Morgan fingerprint density at radius 3 is 2.61 bits per heavy atom. The molecule has 2 amide bonds. The first-order valence-corrected chi connectivity index (χ1v) is 6.41. The molecule has 6 heteroatoms. The van der Waals surface area contributed by atoms with Crippen LogP contribution in [0.4, 0.5) is 16.2 Å². The number of nitrogens with one attached hydrogen (secondary N) is 3. The van der Waals surface area contributed by atoms with Crippen LogP contribution in [0.3, 0.4) is 0 Å². The normalized spacial score (nSPS) is 20.1. The Morgan fingerprint density at radius 1 is 1.11 bits per heavy atom. The molecular formula is C12H11N3O2S. The zero-order valence-electron chi connectivity index (χ0n) is 9.45. The number of anilines is 2. The molecule has 0 aromatic heterocycles. The first-order chi connectivity index (χ1) is 8.72. The number of thioether (sulfide) groups is 1. The van der Waals surface area contributed by atoms with Crippen molar-refractivity contribution in [2.24, 2.45) is 0 Å². The number of fused-ring (bicyclic) bond motifs is 1. The Morgan fingerprint density at radius 2 is 1.89 bits per heavy atom. The largest absolute Gasteiger partial charge is 0.382 e. The van der Waals surface area contributed by atoms with Gasteiger partial charge in [-0.15, -0.1) is 0 Å². The van der Waals surface area contributed by atoms with Crippen LogP contribution in [0.2, 0.25) is 0 Å². The quantitative estimate of drug-likeness (QED) is 0.673. The van der Waals surface area contributed by atoms with E-state index in [0.717, 1.165) is 41.8 Å². The number of carbonyl (C=O) groups is 2. The third kappa shape index (κ3) is 2.06. The second-order valence-electron chi connectivity index (χ2n) is 4.01. The summed E-state index contributed by atoms with van der Waals surface area (Å²) in [5.41, 5.74) is 2.98. The van der Waals surface area contributed by atoms with Crippen LogP contribution >= 0.6 is 11.8 Å². The molecule has 92 valence electrons. The molecule has 0 aliphatic carbocycles. The van der Waals surface area contributed by atoms with Crippen LogP contribution in [0.25, 0.3) is 6.08 Å². The monoisotopic (exact) mass is 261 g/mol. The molecule has 0 radical (unpaired) electrons. The van der Waals surface area contributed by atoms with E-state index in [4.69, 9.17) is 0 Å². The molecule has 1 saturated heterocycles. The van der Waals surface area contributed by atoms with Gasteiger partial charge in [0.1, 0.15) is 0 Å². The van der Waals surface area contributed by atoms with Gasteiger partial charge in [0.25, 0.3) is 11.1 Å². The molecule has 2 heterocycles. The highest BCUT2D eigenvalue weighted by molar-refractivity contribution is 8.18. The zero-order chi connectivity index (χ0) is 12.5. The zero-order valence-corrected chi connectivity index (χ0v) is 10.3. The first-order valence-electron chi connectivity index (χ1n) is 5.59. The minimum atomic E-state index is -0.325. The van der Waals surface area contributed by atoms with Crippen molar-refractivity contribution in [3.63, 3.8) is 0 Å². The van der Waals surface area contributed by atoms with Crippen LogP contribution in [0.15, 0.2) is 23.1 Å². The van der Waals surface area contributed by atoms with Crippen LogP contribution in [0, 0.1) is 0 Å². The Kier molecular flexibility index (Phi) is 2.71. The fourth-order valence-corrected chi connectivity index (χ4v) is 2.60. The van der Waals surface area contributed by atoms with Gasteiger partial charge >= 0.3 is 0 Å². The SMILES string of the molecule is O=C1NC(=O)/C(=C/c2ccc3c(c2)NCCN3)S1. The van der Waals surface area contributed by atoms with E-state index >= 15 is 0 Å². The molecule has 2 aliphatic heterocycles. The van der Waals surface area contributed by atoms with Gasteiger partial charge in [0.05, 0.1) is 16.3 Å². The van der Waals surface area contributed by atoms with Crippen LogP contribution in [0.5, 0.6) is 0 Å². The van der Waals surface area contributed by atoms with Gasteiger partial charge in [-0.25, -0.2) is 0 Å². The molecule has 3 rings (SSSR count). The van der Waals surface area contributed by atoms with Crippen molar-refractivity contribution in [1.29, 1.82) is 0 Å². The number of hydrogen-bond acceptors (Lipinski definition) is 5. The lowest BCUT2D eigenvalue weighted by molar-refractivity contribution is -0.115. The summed E-state index contributed by atoms with van der Waals surface area (Å²) in [5.74, 6) is -0.325. The molecule has 3 N–H and O–H groups in total. The standard InChI is InChI=1S/C12H11N3O2S/c16-11-10(18-12(17)15-11)6-7-1-2-8-9(5-7)14-4-3-13-8/h1-2,5-6,13-14H,3-4H2,(H,15,16,17)/b10-6-. The number of benzene rings is 1. The van der Waals surface area contributed by atoms with Crippen molar-refractivity contribution in [3.05, 3.63) is 28.7 Å². The minimum absolute atomic E-state index is 0.316. The molecular weight excluding hydrogens is 250 g/mol. The molecule has 0 unspecified atom stereocenters. The first kappa shape index (κ1) is 11.2. The van der Waals surface area contributed by atoms with Gasteiger partial charge in [-0.05, 0) is 35.5 Å². The second kappa shape index (κ2) is 4.38. The fourth-order valence-electron chi connectivity index (χ4n) is 1.92. The molecule has 0 saturated carbocycles. The second-order valence-corrected chi connectivity index (χ2v) is 5.03. The average Bonchev–Trinajstić information content (AvgIpc) is 2.68. The Balaban J connectivity index is 1.91. The number of imide groups is 1. The van der Waals surface area contributed by atoms with Crippen LogP contribution in [0.1, 0.15) is 5.56 Å². The van der Waals surface area contributed by atoms with Gasteiger partial charge in [0, 0.05) is 13.1 Å². The maximum Gasteiger partial charge on any atom is 0.290 e. The van der Waals surface area contributed by atoms with E-state index in [1.54, 1.807) is 6.08 Å². The Bertz CT molecular complexity index is 568. The van der Waals surface area contributed by atoms with Crippen molar-refractivity contribution < 1.29 is 9.59 Å². The Hall–Kier alpha value is -1.95. The summed E-state index contributed by atoms with van der Waals surface area (Å²) < 4.78 is 0. The molecule has 5 nitrogen and oxygen atoms in total. The van der Waals surface area contributed by atoms with E-state index in [1.165, 1.54) is 0 Å². The van der Waals surface area contributed by atoms with Crippen molar-refractivity contribution in [2.75, 3.05) is 23.7 Å². The van der Waals surface area contributed by atoms with E-state index < -0.39 is 0 Å². The number of hydrogen-bond donors (Lipinski definition) is 3. The molecule has 1 aromatic carbocycles. The Labute approximate surface area is 108 Å². The van der Waals surface area contributed by atoms with Gasteiger partial charge in [-0.2, -0.15) is 0 Å². The summed E-state index contributed by atoms with van der Waals surface area (Å²) in [4.78, 5) is 22.9. The van der Waals surface area contributed by atoms with Crippen molar-refractivity contribution in [3.8, 4) is 0 Å². The molecule has 0 atom stereocenters. The summed E-state index contributed by atoms with van der Waals surface area (Å²) >= 11 is 0.931. The van der Waals surface area contributed by atoms with Gasteiger partial charge in [0.2, 0.25) is 0 Å². The van der Waals surface area contributed by atoms with Crippen LogP contribution in [-0.2, 0) is 4.79 Å². The topological polar surface area (TPSA) is 70.2 Å². The molecule has 0 spiro atoms. The van der Waals surface area contributed by atoms with Gasteiger partial charge in [-0.1, -0.05) is 6.07 Å². The van der Waals surface area contributed by atoms with Gasteiger partial charge in [-0.3, -0.25) is 14.9 Å². The third-order valence-corrected chi connectivity index (χ3v) is 3.55. The lowest BCUT2D eigenvalue weighted by Gasteiger charge is -2.20. The average molecular weight is 261 g/mol. The molecule has 18 heavy (non-hydrogen) atoms. The lowest BCUT2D eigenvalue weighted by atomic mass is 10.1. The van der Waals surface area contributed by atoms with Gasteiger partial charge in [0.15, 0.2) is 0 Å². The highest BCUT2D eigenvalue weighted by Crippen LogP contribution is 2.29. The van der Waals surface area contributed by atoms with E-state index in [0.29, 0.717) is 4.91 Å². The number of amides is 2. The van der Waals surface area contributed by atoms with Gasteiger partial charge < -0.3 is 10.6 Å². The van der Waals surface area contributed by atoms with Crippen LogP contribution in [-0.4, -0.2) is 24.2 Å². The molecule has 1 aromatic rings. The molecule has 2 aliphatic rings. The predicted molar refractivity (Wildman–Crippen MR) is 72.5 cm³/mol. The number of carbonyl (C=O) groups excluding carboxylic acids is 2. The van der Waals surface area contributed by atoms with Crippen molar-refractivity contribution >= 4 is 40.4 Å². The summed E-state index contributed by atoms with van der Waals surface area (Å²) in [5, 5.41) is 8.48. The minimum Gasteiger partial charge on any atom is -0.382 e. The van der Waals surface area contributed by atoms with E-state index in [9.17, 15) is 9.59 Å². The maximum absolute atomic E-state index is 11.4. The predicted octanol–water partition coefficient (Wildman–Crippen LogP) is 1.85. The number of rotatable bonds is 1. The smallest absolute Gasteiger partial charge is 0.290 e. The summed E-state index contributed by atoms with van der Waals surface area (Å²) in [6.45, 7) is 1.78. The summed E-state index contributed by atoms with van der Waals surface area (Å²) in [6, 6.07) is 5.85. The van der Waals surface area contributed by atoms with E-state index in [2.05, 4.69) is 16.0 Å². The maximum atomic E-state index is 11.4.